The van der Waals surface area contributed by atoms with E-state index in [1.165, 1.54) is 17.3 Å². The van der Waals surface area contributed by atoms with Crippen LogP contribution < -0.4 is 10.2 Å². The van der Waals surface area contributed by atoms with Gasteiger partial charge in [0.25, 0.3) is 5.91 Å². The number of carbonyl (C=O) groups is 1. The summed E-state index contributed by atoms with van der Waals surface area (Å²) in [6, 6.07) is 11.8. The second-order valence-electron chi connectivity index (χ2n) is 7.67. The first kappa shape index (κ1) is 21.0. The summed E-state index contributed by atoms with van der Waals surface area (Å²) in [4.78, 5) is 26.8. The summed E-state index contributed by atoms with van der Waals surface area (Å²) in [6.45, 7) is 5.80. The molecule has 0 saturated carbocycles. The quantitative estimate of drug-likeness (QED) is 0.434. The second-order valence-corrected chi connectivity index (χ2v) is 8.63. The number of fused-ring (bicyclic) bond motifs is 1. The number of amides is 1. The maximum absolute atomic E-state index is 12.8. The van der Waals surface area contributed by atoms with E-state index >= 15 is 0 Å². The number of likely N-dealkylation sites (N-methyl/N-ethyl adjacent to an activating group) is 1. The van der Waals surface area contributed by atoms with Crippen molar-refractivity contribution in [1.82, 2.24) is 14.9 Å². The molecule has 158 valence electrons. The van der Waals surface area contributed by atoms with Crippen molar-refractivity contribution >= 4 is 50.5 Å². The lowest BCUT2D eigenvalue weighted by molar-refractivity contribution is 0.102. The average Bonchev–Trinajstić information content (AvgIpc) is 2.72. The van der Waals surface area contributed by atoms with Gasteiger partial charge in [-0.3, -0.25) is 4.79 Å². The zero-order valence-corrected chi connectivity index (χ0v) is 18.3. The summed E-state index contributed by atoms with van der Waals surface area (Å²) in [5, 5.41) is 12.0. The summed E-state index contributed by atoms with van der Waals surface area (Å²) >= 11 is 1.27. The maximum Gasteiger partial charge on any atom is 0.257 e. The van der Waals surface area contributed by atoms with Gasteiger partial charge in [-0.1, -0.05) is 30.5 Å². The molecule has 2 N–H and O–H groups in total. The van der Waals surface area contributed by atoms with E-state index < -0.39 is 0 Å². The lowest BCUT2D eigenvalue weighted by Gasteiger charge is -2.43. The standard InChI is InChI=1S/C23H24N6OS/c1-15(31-14-24)16-4-5-18-11-26-21(9-19(18)8-16)27-23(30)17-6-7-25-22(10-17)29-12-20(13-29)28(2)3/h4-11,14,20,24H,1,12-13H2,2-3H3,(H,26,27,30). The first-order chi connectivity index (χ1) is 14.9. The van der Waals surface area contributed by atoms with Gasteiger partial charge in [-0.25, -0.2) is 9.97 Å². The highest BCUT2D eigenvalue weighted by molar-refractivity contribution is 8.19. The minimum absolute atomic E-state index is 0.222. The number of hydrogen-bond acceptors (Lipinski definition) is 7. The third-order valence-corrected chi connectivity index (χ3v) is 6.05. The van der Waals surface area contributed by atoms with Crippen molar-refractivity contribution in [2.24, 2.45) is 0 Å². The molecule has 1 aliphatic rings. The number of carbonyl (C=O) groups excluding carboxylic acids is 1. The predicted octanol–water partition coefficient (Wildman–Crippen LogP) is 3.94. The van der Waals surface area contributed by atoms with Gasteiger partial charge in [-0.2, -0.15) is 0 Å². The molecule has 1 amide bonds. The number of benzene rings is 1. The molecule has 4 rings (SSSR count). The summed E-state index contributed by atoms with van der Waals surface area (Å²) in [5.41, 5.74) is 2.74. The van der Waals surface area contributed by atoms with Crippen molar-refractivity contribution < 1.29 is 4.79 Å². The Morgan fingerprint density at radius 1 is 1.19 bits per heavy atom. The Kier molecular flexibility index (Phi) is 6.01. The molecule has 1 fully saturated rings. The van der Waals surface area contributed by atoms with E-state index in [-0.39, 0.29) is 5.91 Å². The van der Waals surface area contributed by atoms with Crippen LogP contribution in [0.2, 0.25) is 0 Å². The molecule has 1 saturated heterocycles. The SMILES string of the molecule is C=C(SC=N)c1ccc2cnc(NC(=O)c3ccnc(N4CC(N(C)C)C4)c3)cc2c1. The van der Waals surface area contributed by atoms with Crippen LogP contribution in [0.5, 0.6) is 0 Å². The molecular weight excluding hydrogens is 408 g/mol. The molecule has 0 unspecified atom stereocenters. The molecule has 0 atom stereocenters. The molecule has 0 aliphatic carbocycles. The van der Waals surface area contributed by atoms with Gasteiger partial charge in [0.2, 0.25) is 0 Å². The summed E-state index contributed by atoms with van der Waals surface area (Å²) < 4.78 is 0. The fraction of sp³-hybridized carbons (Fsp3) is 0.217. The first-order valence-electron chi connectivity index (χ1n) is 9.88. The molecular formula is C23H24N6OS. The monoisotopic (exact) mass is 432 g/mol. The first-order valence-corrected chi connectivity index (χ1v) is 10.8. The van der Waals surface area contributed by atoms with Crippen LogP contribution >= 0.6 is 11.8 Å². The average molecular weight is 433 g/mol. The Hall–Kier alpha value is -3.23. The fourth-order valence-corrected chi connectivity index (χ4v) is 3.82. The smallest absolute Gasteiger partial charge is 0.257 e. The summed E-state index contributed by atoms with van der Waals surface area (Å²) in [5.74, 6) is 1.07. The fourth-order valence-electron chi connectivity index (χ4n) is 3.41. The van der Waals surface area contributed by atoms with Crippen molar-refractivity contribution in [3.63, 3.8) is 0 Å². The molecule has 2 aromatic heterocycles. The van der Waals surface area contributed by atoms with E-state index in [2.05, 4.69) is 45.8 Å². The minimum atomic E-state index is -0.222. The lowest BCUT2D eigenvalue weighted by Crippen LogP contribution is -2.57. The third-order valence-electron chi connectivity index (χ3n) is 5.41. The van der Waals surface area contributed by atoms with Crippen molar-refractivity contribution in [3.8, 4) is 0 Å². The number of hydrogen-bond donors (Lipinski definition) is 2. The molecule has 0 radical (unpaired) electrons. The largest absolute Gasteiger partial charge is 0.353 e. The highest BCUT2D eigenvalue weighted by atomic mass is 32.2. The van der Waals surface area contributed by atoms with Gasteiger partial charge in [0.15, 0.2) is 0 Å². The predicted molar refractivity (Wildman–Crippen MR) is 129 cm³/mol. The van der Waals surface area contributed by atoms with Crippen LogP contribution in [0, 0.1) is 5.41 Å². The van der Waals surface area contributed by atoms with Gasteiger partial charge in [0.1, 0.15) is 11.6 Å². The van der Waals surface area contributed by atoms with Gasteiger partial charge < -0.3 is 20.5 Å². The number of aromatic nitrogens is 2. The topological polar surface area (TPSA) is 85.2 Å². The Morgan fingerprint density at radius 2 is 2.00 bits per heavy atom. The second kappa shape index (κ2) is 8.87. The third kappa shape index (κ3) is 4.60. The Labute approximate surface area is 185 Å². The summed E-state index contributed by atoms with van der Waals surface area (Å²) in [6.07, 6.45) is 3.40. The van der Waals surface area contributed by atoms with Crippen molar-refractivity contribution in [1.29, 1.82) is 5.41 Å². The summed E-state index contributed by atoms with van der Waals surface area (Å²) in [7, 11) is 4.14. The lowest BCUT2D eigenvalue weighted by atomic mass is 10.1. The number of pyridine rings is 2. The van der Waals surface area contributed by atoms with Gasteiger partial charge in [0, 0.05) is 47.4 Å². The molecule has 31 heavy (non-hydrogen) atoms. The van der Waals surface area contributed by atoms with Crippen LogP contribution in [-0.2, 0) is 0 Å². The zero-order chi connectivity index (χ0) is 22.0. The highest BCUT2D eigenvalue weighted by Crippen LogP contribution is 2.27. The van der Waals surface area contributed by atoms with Crippen molar-refractivity contribution in [2.75, 3.05) is 37.4 Å². The number of rotatable bonds is 7. The van der Waals surface area contributed by atoms with Crippen LogP contribution in [0.15, 0.2) is 55.4 Å². The molecule has 1 aromatic carbocycles. The Bertz CT molecular complexity index is 1160. The van der Waals surface area contributed by atoms with Crippen LogP contribution in [0.25, 0.3) is 15.7 Å². The van der Waals surface area contributed by atoms with Crippen LogP contribution in [0.3, 0.4) is 0 Å². The van der Waals surface area contributed by atoms with Crippen LogP contribution in [0.4, 0.5) is 11.6 Å². The van der Waals surface area contributed by atoms with E-state index in [4.69, 9.17) is 5.41 Å². The van der Waals surface area contributed by atoms with Crippen LogP contribution in [0.1, 0.15) is 15.9 Å². The number of anilines is 2. The minimum Gasteiger partial charge on any atom is -0.353 e. The number of nitrogens with zero attached hydrogens (tertiary/aromatic N) is 4. The maximum atomic E-state index is 12.8. The van der Waals surface area contributed by atoms with Gasteiger partial charge in [-0.15, -0.1) is 0 Å². The normalized spacial score (nSPS) is 13.8. The van der Waals surface area contributed by atoms with E-state index in [1.54, 1.807) is 18.5 Å². The molecule has 8 heteroatoms. The molecule has 1 aliphatic heterocycles. The van der Waals surface area contributed by atoms with Gasteiger partial charge in [-0.05, 0) is 49.3 Å². The van der Waals surface area contributed by atoms with E-state index in [0.29, 0.717) is 17.4 Å². The number of nitrogens with one attached hydrogen (secondary N) is 2. The van der Waals surface area contributed by atoms with Gasteiger partial charge >= 0.3 is 0 Å². The van der Waals surface area contributed by atoms with E-state index in [0.717, 1.165) is 40.1 Å². The van der Waals surface area contributed by atoms with E-state index in [9.17, 15) is 4.79 Å². The molecule has 7 nitrogen and oxygen atoms in total. The zero-order valence-electron chi connectivity index (χ0n) is 17.5. The molecule has 3 aromatic rings. The van der Waals surface area contributed by atoms with E-state index in [1.807, 2.05) is 30.3 Å². The molecule has 0 bridgehead atoms. The molecule has 0 spiro atoms. The number of thioether (sulfide) groups is 1. The molecule has 3 heterocycles. The Balaban J connectivity index is 1.50. The highest BCUT2D eigenvalue weighted by Gasteiger charge is 2.29. The Morgan fingerprint density at radius 3 is 2.74 bits per heavy atom. The van der Waals surface area contributed by atoms with Crippen LogP contribution in [-0.4, -0.2) is 59.5 Å². The van der Waals surface area contributed by atoms with Crippen molar-refractivity contribution in [3.05, 3.63) is 66.5 Å². The van der Waals surface area contributed by atoms with Gasteiger partial charge in [0.05, 0.1) is 5.55 Å². The van der Waals surface area contributed by atoms with Crippen molar-refractivity contribution in [2.45, 2.75) is 6.04 Å².